The van der Waals surface area contributed by atoms with E-state index in [1.165, 1.54) is 21.5 Å². The van der Waals surface area contributed by atoms with Crippen molar-refractivity contribution in [3.63, 3.8) is 0 Å². The molecule has 0 saturated carbocycles. The van der Waals surface area contributed by atoms with Crippen LogP contribution in [0.15, 0.2) is 144 Å². The highest BCUT2D eigenvalue weighted by Gasteiger charge is 2.20. The number of benzene rings is 6. The molecule has 210 valence electrons. The van der Waals surface area contributed by atoms with E-state index in [2.05, 4.69) is 128 Å². The third-order valence-electron chi connectivity index (χ3n) is 8.87. The van der Waals surface area contributed by atoms with Crippen molar-refractivity contribution >= 4 is 60.2 Å². The standard InChI is InChI=1S/C39H23N5O/c1-2-10-24(11-3-1)38-41-42-39(45-38)25-18-20-26(21-19-25)43-32-15-7-4-12-27(32)28-22-23-30-35(36(28)43)29-13-5-8-16-33(29)44-34-17-9-6-14-31(34)40-37(30)44/h1-23H. The van der Waals surface area contributed by atoms with Crippen LogP contribution in [-0.2, 0) is 0 Å². The van der Waals surface area contributed by atoms with Crippen LogP contribution in [0, 0.1) is 0 Å². The van der Waals surface area contributed by atoms with Crippen molar-refractivity contribution in [2.75, 3.05) is 0 Å². The number of hydrogen-bond acceptors (Lipinski definition) is 4. The molecule has 0 fully saturated rings. The van der Waals surface area contributed by atoms with Crippen LogP contribution in [0.4, 0.5) is 0 Å². The molecular weight excluding hydrogens is 554 g/mol. The molecule has 0 aliphatic carbocycles. The molecule has 10 rings (SSSR count). The first-order valence-corrected chi connectivity index (χ1v) is 15.0. The number of hydrogen-bond donors (Lipinski definition) is 0. The van der Waals surface area contributed by atoms with Gasteiger partial charge in [0.1, 0.15) is 5.65 Å². The molecule has 6 heteroatoms. The molecule has 4 aromatic heterocycles. The van der Waals surface area contributed by atoms with Crippen molar-refractivity contribution in [1.29, 1.82) is 0 Å². The third kappa shape index (κ3) is 3.42. The van der Waals surface area contributed by atoms with Crippen LogP contribution < -0.4 is 0 Å². The zero-order valence-electron chi connectivity index (χ0n) is 23.9. The second-order valence-corrected chi connectivity index (χ2v) is 11.3. The fourth-order valence-electron chi connectivity index (χ4n) is 6.91. The van der Waals surface area contributed by atoms with Gasteiger partial charge in [0.15, 0.2) is 0 Å². The number of pyridine rings is 1. The molecule has 10 aromatic rings. The Hall–Kier alpha value is -6.27. The van der Waals surface area contributed by atoms with Crippen molar-refractivity contribution in [3.05, 3.63) is 140 Å². The van der Waals surface area contributed by atoms with Gasteiger partial charge in [-0.1, -0.05) is 72.8 Å². The summed E-state index contributed by atoms with van der Waals surface area (Å²) in [6.45, 7) is 0. The van der Waals surface area contributed by atoms with Gasteiger partial charge >= 0.3 is 0 Å². The molecule has 0 amide bonds. The molecular formula is C39H23N5O. The Balaban J connectivity index is 1.26. The minimum Gasteiger partial charge on any atom is -0.416 e. The summed E-state index contributed by atoms with van der Waals surface area (Å²) in [5.41, 5.74) is 9.33. The van der Waals surface area contributed by atoms with Crippen LogP contribution in [0.3, 0.4) is 0 Å². The molecule has 0 aliphatic heterocycles. The topological polar surface area (TPSA) is 61.2 Å². The summed E-state index contributed by atoms with van der Waals surface area (Å²) in [5, 5.41) is 14.6. The zero-order valence-corrected chi connectivity index (χ0v) is 23.9. The van der Waals surface area contributed by atoms with E-state index in [9.17, 15) is 0 Å². The number of aromatic nitrogens is 5. The van der Waals surface area contributed by atoms with E-state index >= 15 is 0 Å². The molecule has 0 saturated heterocycles. The molecule has 6 aromatic carbocycles. The minimum absolute atomic E-state index is 0.493. The van der Waals surface area contributed by atoms with E-state index in [1.54, 1.807) is 0 Å². The maximum atomic E-state index is 6.06. The Morgan fingerprint density at radius 3 is 1.89 bits per heavy atom. The summed E-state index contributed by atoms with van der Waals surface area (Å²) in [6, 6.07) is 48.4. The lowest BCUT2D eigenvalue weighted by Crippen LogP contribution is -1.97. The van der Waals surface area contributed by atoms with Crippen LogP contribution in [-0.4, -0.2) is 24.1 Å². The lowest BCUT2D eigenvalue weighted by atomic mass is 10.0. The number of fused-ring (bicyclic) bond motifs is 12. The van der Waals surface area contributed by atoms with Gasteiger partial charge in [0, 0.05) is 43.7 Å². The average molecular weight is 578 g/mol. The molecule has 6 nitrogen and oxygen atoms in total. The van der Waals surface area contributed by atoms with Crippen LogP contribution in [0.1, 0.15) is 0 Å². The lowest BCUT2D eigenvalue weighted by molar-refractivity contribution is 0.584. The van der Waals surface area contributed by atoms with E-state index in [0.29, 0.717) is 11.8 Å². The quantitative estimate of drug-likeness (QED) is 0.196. The van der Waals surface area contributed by atoms with Gasteiger partial charge in [0.05, 0.1) is 27.6 Å². The van der Waals surface area contributed by atoms with Gasteiger partial charge in [-0.25, -0.2) is 4.98 Å². The smallest absolute Gasteiger partial charge is 0.248 e. The fraction of sp³-hybridized carbons (Fsp3) is 0. The Morgan fingerprint density at radius 1 is 0.467 bits per heavy atom. The van der Waals surface area contributed by atoms with Gasteiger partial charge < -0.3 is 8.98 Å². The molecule has 0 unspecified atom stereocenters. The van der Waals surface area contributed by atoms with Gasteiger partial charge in [-0.15, -0.1) is 10.2 Å². The van der Waals surface area contributed by atoms with Crippen LogP contribution >= 0.6 is 0 Å². The summed E-state index contributed by atoms with van der Waals surface area (Å²) in [4.78, 5) is 5.16. The summed E-state index contributed by atoms with van der Waals surface area (Å²) >= 11 is 0. The van der Waals surface area contributed by atoms with E-state index in [1.807, 2.05) is 30.3 Å². The normalized spacial score (nSPS) is 12.0. The number of imidazole rings is 1. The maximum Gasteiger partial charge on any atom is 0.248 e. The van der Waals surface area contributed by atoms with Gasteiger partial charge in [-0.2, -0.15) is 0 Å². The molecule has 45 heavy (non-hydrogen) atoms. The number of nitrogens with zero attached hydrogens (tertiary/aromatic N) is 5. The van der Waals surface area contributed by atoms with E-state index in [0.717, 1.165) is 55.4 Å². The zero-order chi connectivity index (χ0) is 29.5. The van der Waals surface area contributed by atoms with Crippen LogP contribution in [0.2, 0.25) is 0 Å². The molecule has 0 radical (unpaired) electrons. The highest BCUT2D eigenvalue weighted by atomic mass is 16.4. The monoisotopic (exact) mass is 577 g/mol. The predicted molar refractivity (Wildman–Crippen MR) is 181 cm³/mol. The minimum atomic E-state index is 0.493. The first-order chi connectivity index (χ1) is 22.3. The van der Waals surface area contributed by atoms with E-state index in [4.69, 9.17) is 9.40 Å². The second-order valence-electron chi connectivity index (χ2n) is 11.3. The molecule has 0 bridgehead atoms. The van der Waals surface area contributed by atoms with E-state index < -0.39 is 0 Å². The average Bonchev–Trinajstić information content (AvgIpc) is 3.84. The molecule has 0 spiro atoms. The van der Waals surface area contributed by atoms with Gasteiger partial charge in [-0.05, 0) is 66.7 Å². The molecule has 0 atom stereocenters. The number of rotatable bonds is 3. The van der Waals surface area contributed by atoms with Gasteiger partial charge in [0.25, 0.3) is 0 Å². The van der Waals surface area contributed by atoms with Crippen molar-refractivity contribution in [2.24, 2.45) is 0 Å². The summed E-state index contributed by atoms with van der Waals surface area (Å²) < 4.78 is 10.7. The van der Waals surface area contributed by atoms with E-state index in [-0.39, 0.29) is 0 Å². The lowest BCUT2D eigenvalue weighted by Gasteiger charge is -2.14. The van der Waals surface area contributed by atoms with Crippen molar-refractivity contribution in [1.82, 2.24) is 24.1 Å². The maximum absolute atomic E-state index is 6.06. The summed E-state index contributed by atoms with van der Waals surface area (Å²) in [5.74, 6) is 1.00. The van der Waals surface area contributed by atoms with Crippen molar-refractivity contribution in [3.8, 4) is 28.6 Å². The van der Waals surface area contributed by atoms with Crippen LogP contribution in [0.25, 0.3) is 88.8 Å². The largest absolute Gasteiger partial charge is 0.416 e. The predicted octanol–water partition coefficient (Wildman–Crippen LogP) is 9.61. The highest BCUT2D eigenvalue weighted by Crippen LogP contribution is 2.41. The molecule has 0 N–H and O–H groups in total. The van der Waals surface area contributed by atoms with Gasteiger partial charge in [-0.3, -0.25) is 4.40 Å². The van der Waals surface area contributed by atoms with Gasteiger partial charge in [0.2, 0.25) is 11.8 Å². The fourth-order valence-corrected chi connectivity index (χ4v) is 6.91. The Bertz CT molecular complexity index is 2750. The van der Waals surface area contributed by atoms with Crippen molar-refractivity contribution in [2.45, 2.75) is 0 Å². The number of para-hydroxylation sites is 4. The Morgan fingerprint density at radius 2 is 1.09 bits per heavy atom. The first kappa shape index (κ1) is 24.2. The molecule has 0 aliphatic rings. The SMILES string of the molecule is c1ccc(-c2nnc(-c3ccc(-n4c5ccccc5c5ccc6c(c7ccccc7n7c8ccccc8nc67)c54)cc3)o2)cc1. The summed E-state index contributed by atoms with van der Waals surface area (Å²) in [7, 11) is 0. The summed E-state index contributed by atoms with van der Waals surface area (Å²) in [6.07, 6.45) is 0. The first-order valence-electron chi connectivity index (χ1n) is 15.0. The Labute approximate surface area is 256 Å². The van der Waals surface area contributed by atoms with Crippen LogP contribution in [0.5, 0.6) is 0 Å². The second kappa shape index (κ2) is 9.11. The highest BCUT2D eigenvalue weighted by molar-refractivity contribution is 6.27. The van der Waals surface area contributed by atoms with Crippen molar-refractivity contribution < 1.29 is 4.42 Å². The Kier molecular flexibility index (Phi) is 4.90. The molecule has 4 heterocycles. The third-order valence-corrected chi connectivity index (χ3v) is 8.87.